The van der Waals surface area contributed by atoms with E-state index in [1.807, 2.05) is 0 Å². The average molecular weight is 193 g/mol. The smallest absolute Gasteiger partial charge is 0.189 e. The van der Waals surface area contributed by atoms with Crippen LogP contribution in [0.2, 0.25) is 0 Å². The highest BCUT2D eigenvalue weighted by Gasteiger charge is 2.05. The molecule has 0 amide bonds. The highest BCUT2D eigenvalue weighted by atomic mass is 35.5. The predicted molar refractivity (Wildman–Crippen MR) is 48.0 cm³/mol. The summed E-state index contributed by atoms with van der Waals surface area (Å²) < 4.78 is 17.7. The maximum Gasteiger partial charge on any atom is 0.189 e. The quantitative estimate of drug-likeness (QED) is 0.552. The molecule has 0 fully saturated rings. The van der Waals surface area contributed by atoms with E-state index in [1.54, 1.807) is 6.07 Å². The van der Waals surface area contributed by atoms with Crippen LogP contribution < -0.4 is 16.0 Å². The summed E-state index contributed by atoms with van der Waals surface area (Å²) in [6.45, 7) is 0. The van der Waals surface area contributed by atoms with Crippen LogP contribution in [-0.2, 0) is 0 Å². The normalized spacial score (nSPS) is 8.58. The second kappa shape index (κ2) is 4.79. The maximum atomic E-state index is 13.0. The highest BCUT2D eigenvalue weighted by molar-refractivity contribution is 5.85. The molecule has 1 aromatic rings. The van der Waals surface area contributed by atoms with Crippen LogP contribution in [0.25, 0.3) is 0 Å². The van der Waals surface area contributed by atoms with Crippen molar-refractivity contribution in [1.29, 1.82) is 0 Å². The lowest BCUT2D eigenvalue weighted by Crippen LogP contribution is -2.08. The molecule has 0 atom stereocenters. The Morgan fingerprint density at radius 3 is 2.67 bits per heavy atom. The maximum absolute atomic E-state index is 13.0. The third kappa shape index (κ3) is 1.99. The molecule has 0 heterocycles. The molecule has 68 valence electrons. The summed E-state index contributed by atoms with van der Waals surface area (Å²) in [6, 6.07) is 4.70. The van der Waals surface area contributed by atoms with E-state index in [-0.39, 0.29) is 23.8 Å². The molecule has 3 N–H and O–H groups in total. The van der Waals surface area contributed by atoms with E-state index in [0.29, 0.717) is 0 Å². The predicted octanol–water partition coefficient (Wildman–Crippen LogP) is 1.54. The Kier molecular flexibility index (Phi) is 4.39. The molecule has 0 aliphatic carbocycles. The first-order chi connectivity index (χ1) is 5.29. The largest absolute Gasteiger partial charge is 0.494 e. The summed E-state index contributed by atoms with van der Waals surface area (Å²) in [5.74, 6) is 4.74. The molecule has 0 saturated carbocycles. The Balaban J connectivity index is 0.00000121. The molecule has 5 heteroatoms. The van der Waals surface area contributed by atoms with Crippen molar-refractivity contribution in [3.05, 3.63) is 24.0 Å². The second-order valence-electron chi connectivity index (χ2n) is 1.97. The Labute approximate surface area is 76.1 Å². The van der Waals surface area contributed by atoms with Gasteiger partial charge in [-0.15, -0.1) is 12.4 Å². The number of anilines is 1. The minimum atomic E-state index is -0.475. The van der Waals surface area contributed by atoms with E-state index >= 15 is 0 Å². The van der Waals surface area contributed by atoms with Crippen molar-refractivity contribution >= 4 is 18.1 Å². The van der Waals surface area contributed by atoms with Crippen molar-refractivity contribution < 1.29 is 9.13 Å². The fourth-order valence-electron chi connectivity index (χ4n) is 0.780. The molecule has 0 spiro atoms. The summed E-state index contributed by atoms with van der Waals surface area (Å²) in [4.78, 5) is 0. The van der Waals surface area contributed by atoms with E-state index in [2.05, 4.69) is 5.43 Å². The number of rotatable bonds is 2. The van der Waals surface area contributed by atoms with Crippen LogP contribution >= 0.6 is 12.4 Å². The second-order valence-corrected chi connectivity index (χ2v) is 1.97. The molecule has 0 unspecified atom stereocenters. The first-order valence-corrected chi connectivity index (χ1v) is 3.08. The number of nitrogen functional groups attached to an aromatic ring is 1. The van der Waals surface area contributed by atoms with Crippen molar-refractivity contribution in [3.8, 4) is 5.75 Å². The molecule has 1 aromatic carbocycles. The average Bonchev–Trinajstić information content (AvgIpc) is 2.05. The van der Waals surface area contributed by atoms with Gasteiger partial charge >= 0.3 is 0 Å². The number of nitrogens with two attached hydrogens (primary N) is 1. The van der Waals surface area contributed by atoms with Gasteiger partial charge in [-0.1, -0.05) is 6.07 Å². The number of benzene rings is 1. The minimum absolute atomic E-state index is 0. The number of methoxy groups -OCH3 is 1. The van der Waals surface area contributed by atoms with Gasteiger partial charge in [0.15, 0.2) is 11.6 Å². The Morgan fingerprint density at radius 1 is 1.50 bits per heavy atom. The minimum Gasteiger partial charge on any atom is -0.494 e. The van der Waals surface area contributed by atoms with Crippen LogP contribution in [0.1, 0.15) is 0 Å². The van der Waals surface area contributed by atoms with Crippen molar-refractivity contribution in [3.63, 3.8) is 0 Å². The van der Waals surface area contributed by atoms with Crippen molar-refractivity contribution in [1.82, 2.24) is 0 Å². The van der Waals surface area contributed by atoms with Gasteiger partial charge in [0.1, 0.15) is 0 Å². The fourth-order valence-corrected chi connectivity index (χ4v) is 0.780. The first kappa shape index (κ1) is 11.0. The third-order valence-electron chi connectivity index (χ3n) is 1.34. The zero-order chi connectivity index (χ0) is 8.27. The zero-order valence-electron chi connectivity index (χ0n) is 6.50. The van der Waals surface area contributed by atoms with E-state index < -0.39 is 5.82 Å². The Hall–Kier alpha value is -1.00. The summed E-state index contributed by atoms with van der Waals surface area (Å²) in [6.07, 6.45) is 0. The zero-order valence-corrected chi connectivity index (χ0v) is 7.32. The number of ether oxygens (including phenoxy) is 1. The SMILES string of the molecule is COc1cccc(NN)c1F.Cl. The van der Waals surface area contributed by atoms with Gasteiger partial charge in [-0.05, 0) is 12.1 Å². The summed E-state index contributed by atoms with van der Waals surface area (Å²) in [5, 5.41) is 0. The van der Waals surface area contributed by atoms with Crippen molar-refractivity contribution in [2.24, 2.45) is 5.84 Å². The molecule has 0 radical (unpaired) electrons. The van der Waals surface area contributed by atoms with Crippen LogP contribution in [0, 0.1) is 5.82 Å². The Bertz CT molecular complexity index is 235. The summed E-state index contributed by atoms with van der Waals surface area (Å²) in [5.41, 5.74) is 2.44. The van der Waals surface area contributed by atoms with E-state index in [1.165, 1.54) is 19.2 Å². The third-order valence-corrected chi connectivity index (χ3v) is 1.34. The molecule has 0 aromatic heterocycles. The fraction of sp³-hybridized carbons (Fsp3) is 0.143. The molecule has 0 saturated heterocycles. The molecular formula is C7H10ClFN2O. The van der Waals surface area contributed by atoms with E-state index in [0.717, 1.165) is 0 Å². The van der Waals surface area contributed by atoms with Gasteiger partial charge < -0.3 is 10.2 Å². The van der Waals surface area contributed by atoms with Crippen LogP contribution in [0.15, 0.2) is 18.2 Å². The van der Waals surface area contributed by atoms with Crippen LogP contribution in [0.3, 0.4) is 0 Å². The topological polar surface area (TPSA) is 47.3 Å². The van der Waals surface area contributed by atoms with Gasteiger partial charge in [0.25, 0.3) is 0 Å². The molecule has 12 heavy (non-hydrogen) atoms. The summed E-state index contributed by atoms with van der Waals surface area (Å²) >= 11 is 0. The van der Waals surface area contributed by atoms with E-state index in [9.17, 15) is 4.39 Å². The van der Waals surface area contributed by atoms with Gasteiger partial charge in [-0.25, -0.2) is 4.39 Å². The molecule has 0 bridgehead atoms. The van der Waals surface area contributed by atoms with E-state index in [4.69, 9.17) is 10.6 Å². The van der Waals surface area contributed by atoms with Gasteiger partial charge in [0.2, 0.25) is 0 Å². The lowest BCUT2D eigenvalue weighted by molar-refractivity contribution is 0.387. The summed E-state index contributed by atoms with van der Waals surface area (Å²) in [7, 11) is 1.40. The number of nitrogens with one attached hydrogen (secondary N) is 1. The standard InChI is InChI=1S/C7H9FN2O.ClH/c1-11-6-4-2-3-5(10-9)7(6)8;/h2-4,10H,9H2,1H3;1H. The highest BCUT2D eigenvalue weighted by Crippen LogP contribution is 2.22. The lowest BCUT2D eigenvalue weighted by Gasteiger charge is -2.05. The number of hydrogen-bond donors (Lipinski definition) is 2. The molecule has 0 aliphatic heterocycles. The molecule has 3 nitrogen and oxygen atoms in total. The van der Waals surface area contributed by atoms with Gasteiger partial charge in [0, 0.05) is 0 Å². The van der Waals surface area contributed by atoms with Crippen molar-refractivity contribution in [2.75, 3.05) is 12.5 Å². The Morgan fingerprint density at radius 2 is 2.17 bits per heavy atom. The first-order valence-electron chi connectivity index (χ1n) is 3.08. The van der Waals surface area contributed by atoms with Gasteiger partial charge in [-0.3, -0.25) is 5.84 Å². The van der Waals surface area contributed by atoms with Gasteiger partial charge in [-0.2, -0.15) is 0 Å². The molecule has 0 aliphatic rings. The van der Waals surface area contributed by atoms with Crippen LogP contribution in [0.5, 0.6) is 5.75 Å². The van der Waals surface area contributed by atoms with Crippen LogP contribution in [-0.4, -0.2) is 7.11 Å². The molecular weight excluding hydrogens is 183 g/mol. The van der Waals surface area contributed by atoms with Gasteiger partial charge in [0.05, 0.1) is 12.8 Å². The monoisotopic (exact) mass is 192 g/mol. The number of hydrogen-bond acceptors (Lipinski definition) is 3. The number of halogens is 2. The van der Waals surface area contributed by atoms with Crippen LogP contribution in [0.4, 0.5) is 10.1 Å². The van der Waals surface area contributed by atoms with Crippen molar-refractivity contribution in [2.45, 2.75) is 0 Å². The lowest BCUT2D eigenvalue weighted by atomic mass is 10.3. The number of hydrazine groups is 1. The molecule has 1 rings (SSSR count).